The van der Waals surface area contributed by atoms with Gasteiger partial charge in [-0.2, -0.15) is 5.26 Å². The molecule has 0 aliphatic heterocycles. The molecule has 1 heterocycles. The minimum atomic E-state index is -0.479. The van der Waals surface area contributed by atoms with E-state index in [1.807, 2.05) is 30.3 Å². The Bertz CT molecular complexity index is 1070. The second kappa shape index (κ2) is 11.0. The number of carbonyl (C=O) groups excluding carboxylic acids is 1. The Hall–Kier alpha value is -3.09. The number of amides is 1. The molecule has 8 nitrogen and oxygen atoms in total. The van der Waals surface area contributed by atoms with Crippen molar-refractivity contribution in [1.82, 2.24) is 9.88 Å². The van der Waals surface area contributed by atoms with Crippen LogP contribution in [-0.2, 0) is 16.1 Å². The van der Waals surface area contributed by atoms with E-state index in [4.69, 9.17) is 4.74 Å². The first-order valence-electron chi connectivity index (χ1n) is 9.27. The lowest BCUT2D eigenvalue weighted by Crippen LogP contribution is -2.34. The summed E-state index contributed by atoms with van der Waals surface area (Å²) in [4.78, 5) is 24.9. The number of rotatable bonds is 9. The number of nitriles is 1. The summed E-state index contributed by atoms with van der Waals surface area (Å²) in [6, 6.07) is 9.56. The summed E-state index contributed by atoms with van der Waals surface area (Å²) in [5.74, 6) is -0.479. The fourth-order valence-electron chi connectivity index (χ4n) is 2.60. The summed E-state index contributed by atoms with van der Waals surface area (Å²) in [6.07, 6.45) is 1.60. The summed E-state index contributed by atoms with van der Waals surface area (Å²) in [7, 11) is 1.65. The highest BCUT2D eigenvalue weighted by Crippen LogP contribution is 2.14. The SMILES string of the molecule is CCNC(=O)C(C#N)=c1sc(=CNc2cccc(NCCOC)c2)c(=O)n1CC. The van der Waals surface area contributed by atoms with Crippen molar-refractivity contribution in [2.45, 2.75) is 20.4 Å². The summed E-state index contributed by atoms with van der Waals surface area (Å²) in [6.45, 7) is 5.63. The molecule has 0 spiro atoms. The average Bonchev–Trinajstić information content (AvgIpc) is 3.03. The molecule has 2 aromatic rings. The summed E-state index contributed by atoms with van der Waals surface area (Å²) in [5.41, 5.74) is 1.43. The first-order valence-corrected chi connectivity index (χ1v) is 10.1. The lowest BCUT2D eigenvalue weighted by atomic mass is 10.3. The van der Waals surface area contributed by atoms with Gasteiger partial charge in [0.2, 0.25) is 0 Å². The van der Waals surface area contributed by atoms with Crippen LogP contribution in [0.1, 0.15) is 13.8 Å². The van der Waals surface area contributed by atoms with Crippen LogP contribution in [0.5, 0.6) is 0 Å². The molecule has 29 heavy (non-hydrogen) atoms. The summed E-state index contributed by atoms with van der Waals surface area (Å²) in [5, 5.41) is 18.4. The van der Waals surface area contributed by atoms with E-state index in [1.54, 1.807) is 27.2 Å². The third kappa shape index (κ3) is 5.70. The van der Waals surface area contributed by atoms with Crippen LogP contribution in [0.25, 0.3) is 11.8 Å². The second-order valence-electron chi connectivity index (χ2n) is 5.96. The fraction of sp³-hybridized carbons (Fsp3) is 0.350. The monoisotopic (exact) mass is 415 g/mol. The number of hydrogen-bond donors (Lipinski definition) is 3. The van der Waals surface area contributed by atoms with Crippen LogP contribution in [-0.4, -0.2) is 37.3 Å². The highest BCUT2D eigenvalue weighted by atomic mass is 32.1. The fourth-order valence-corrected chi connectivity index (χ4v) is 3.69. The molecule has 0 radical (unpaired) electrons. The molecule has 0 unspecified atom stereocenters. The normalized spacial score (nSPS) is 12.3. The molecule has 0 atom stereocenters. The zero-order valence-corrected chi connectivity index (χ0v) is 17.6. The Morgan fingerprint density at radius 2 is 2.10 bits per heavy atom. The van der Waals surface area contributed by atoms with E-state index in [0.717, 1.165) is 22.7 Å². The Balaban J connectivity index is 2.39. The van der Waals surface area contributed by atoms with Gasteiger partial charge in [-0.15, -0.1) is 11.3 Å². The van der Waals surface area contributed by atoms with E-state index in [1.165, 1.54) is 4.57 Å². The second-order valence-corrected chi connectivity index (χ2v) is 6.99. The quantitative estimate of drug-likeness (QED) is 0.519. The van der Waals surface area contributed by atoms with Gasteiger partial charge >= 0.3 is 0 Å². The third-order valence-corrected chi connectivity index (χ3v) is 5.11. The van der Waals surface area contributed by atoms with Gasteiger partial charge in [0, 0.05) is 44.3 Å². The topological polar surface area (TPSA) is 108 Å². The van der Waals surface area contributed by atoms with Crippen LogP contribution < -0.4 is 30.7 Å². The smallest absolute Gasteiger partial charge is 0.270 e. The van der Waals surface area contributed by atoms with Gasteiger partial charge in [0.15, 0.2) is 5.57 Å². The van der Waals surface area contributed by atoms with Gasteiger partial charge in [0.1, 0.15) is 15.3 Å². The van der Waals surface area contributed by atoms with Crippen molar-refractivity contribution in [3.63, 3.8) is 0 Å². The van der Waals surface area contributed by atoms with Crippen LogP contribution in [0, 0.1) is 11.3 Å². The van der Waals surface area contributed by atoms with E-state index in [2.05, 4.69) is 16.0 Å². The van der Waals surface area contributed by atoms with Crippen molar-refractivity contribution in [3.8, 4) is 6.07 Å². The molecule has 154 valence electrons. The van der Waals surface area contributed by atoms with Gasteiger partial charge in [0.25, 0.3) is 11.5 Å². The maximum absolute atomic E-state index is 12.7. The molecule has 0 bridgehead atoms. The van der Waals surface area contributed by atoms with E-state index in [-0.39, 0.29) is 11.1 Å². The number of aromatic nitrogens is 1. The molecular formula is C20H25N5O3S. The number of benzene rings is 1. The van der Waals surface area contributed by atoms with Crippen LogP contribution in [0.2, 0.25) is 0 Å². The molecule has 1 amide bonds. The Morgan fingerprint density at radius 1 is 1.34 bits per heavy atom. The largest absolute Gasteiger partial charge is 0.383 e. The number of thiazole rings is 1. The minimum absolute atomic E-state index is 0.0557. The number of carbonyl (C=O) groups is 1. The molecule has 9 heteroatoms. The van der Waals surface area contributed by atoms with Crippen molar-refractivity contribution >= 4 is 40.4 Å². The van der Waals surface area contributed by atoms with E-state index < -0.39 is 5.91 Å². The van der Waals surface area contributed by atoms with Gasteiger partial charge < -0.3 is 20.7 Å². The van der Waals surface area contributed by atoms with Crippen molar-refractivity contribution in [2.75, 3.05) is 37.4 Å². The molecule has 0 saturated carbocycles. The van der Waals surface area contributed by atoms with E-state index in [9.17, 15) is 14.9 Å². The number of ether oxygens (including phenoxy) is 1. The third-order valence-electron chi connectivity index (χ3n) is 3.98. The van der Waals surface area contributed by atoms with Gasteiger partial charge in [0.05, 0.1) is 6.61 Å². The Kier molecular flexibility index (Phi) is 8.45. The minimum Gasteiger partial charge on any atom is -0.383 e. The van der Waals surface area contributed by atoms with Crippen molar-refractivity contribution < 1.29 is 9.53 Å². The van der Waals surface area contributed by atoms with Crippen molar-refractivity contribution in [3.05, 3.63) is 43.8 Å². The zero-order chi connectivity index (χ0) is 21.2. The van der Waals surface area contributed by atoms with Gasteiger partial charge in [-0.1, -0.05) is 6.07 Å². The standard InChI is InChI=1S/C20H25N5O3S/c1-4-22-18(26)16(12-21)20-25(5-2)19(27)17(29-20)13-24-15-8-6-7-14(11-15)23-9-10-28-3/h6-8,11,13,23-24H,4-5,9-10H2,1-3H3,(H,22,26). The first-order chi connectivity index (χ1) is 14.0. The molecular weight excluding hydrogens is 390 g/mol. The van der Waals surface area contributed by atoms with Crippen LogP contribution in [0.15, 0.2) is 29.1 Å². The number of anilines is 2. The number of hydrogen-bond acceptors (Lipinski definition) is 7. The van der Waals surface area contributed by atoms with E-state index in [0.29, 0.717) is 35.4 Å². The molecule has 2 rings (SSSR count). The number of methoxy groups -OCH3 is 1. The number of nitrogens with zero attached hydrogens (tertiary/aromatic N) is 2. The lowest BCUT2D eigenvalue weighted by Gasteiger charge is -2.07. The molecule has 0 aliphatic rings. The molecule has 0 saturated heterocycles. The van der Waals surface area contributed by atoms with Crippen molar-refractivity contribution in [2.24, 2.45) is 0 Å². The van der Waals surface area contributed by atoms with Gasteiger partial charge in [-0.3, -0.25) is 14.2 Å². The Morgan fingerprint density at radius 3 is 2.76 bits per heavy atom. The molecule has 0 fully saturated rings. The molecule has 0 aliphatic carbocycles. The van der Waals surface area contributed by atoms with Gasteiger partial charge in [-0.25, -0.2) is 0 Å². The lowest BCUT2D eigenvalue weighted by molar-refractivity contribution is -0.115. The number of nitrogens with one attached hydrogen (secondary N) is 3. The van der Waals surface area contributed by atoms with Gasteiger partial charge in [-0.05, 0) is 32.0 Å². The van der Waals surface area contributed by atoms with Crippen LogP contribution in [0.3, 0.4) is 0 Å². The highest BCUT2D eigenvalue weighted by molar-refractivity contribution is 7.07. The maximum atomic E-state index is 12.7. The summed E-state index contributed by atoms with van der Waals surface area (Å²) >= 11 is 1.12. The molecule has 1 aromatic carbocycles. The zero-order valence-electron chi connectivity index (χ0n) is 16.7. The predicted molar refractivity (Wildman–Crippen MR) is 116 cm³/mol. The molecule has 1 aromatic heterocycles. The predicted octanol–water partition coefficient (Wildman–Crippen LogP) is 0.648. The maximum Gasteiger partial charge on any atom is 0.270 e. The summed E-state index contributed by atoms with van der Waals surface area (Å²) < 4.78 is 7.23. The molecule has 3 N–H and O–H groups in total. The average molecular weight is 416 g/mol. The van der Waals surface area contributed by atoms with E-state index >= 15 is 0 Å². The van der Waals surface area contributed by atoms with Crippen LogP contribution >= 0.6 is 11.3 Å². The van der Waals surface area contributed by atoms with Crippen LogP contribution in [0.4, 0.5) is 11.4 Å². The Labute approximate surface area is 173 Å². The highest BCUT2D eigenvalue weighted by Gasteiger charge is 2.14. The first kappa shape index (κ1) is 22.2. The van der Waals surface area contributed by atoms with Crippen molar-refractivity contribution in [1.29, 1.82) is 5.26 Å².